The Morgan fingerprint density at radius 3 is 2.73 bits per heavy atom. The van der Waals surface area contributed by atoms with Gasteiger partial charge >= 0.3 is 0 Å². The number of benzene rings is 1. The minimum Gasteiger partial charge on any atom is -0.497 e. The summed E-state index contributed by atoms with van der Waals surface area (Å²) in [5, 5.41) is 4.34. The van der Waals surface area contributed by atoms with Crippen LogP contribution in [0.25, 0.3) is 11.3 Å². The molecule has 1 aliphatic rings. The normalized spacial score (nSPS) is 16.8. The molecule has 6 nitrogen and oxygen atoms in total. The van der Waals surface area contributed by atoms with E-state index >= 15 is 0 Å². The van der Waals surface area contributed by atoms with Crippen molar-refractivity contribution in [3.63, 3.8) is 0 Å². The van der Waals surface area contributed by atoms with E-state index in [1.165, 1.54) is 0 Å². The molecule has 0 unspecified atom stereocenters. The molecule has 7 heteroatoms. The minimum absolute atomic E-state index is 0.0474. The van der Waals surface area contributed by atoms with Crippen LogP contribution < -0.4 is 4.74 Å². The lowest BCUT2D eigenvalue weighted by Crippen LogP contribution is -2.36. The standard InChI is InChI=1S/C23H25N3O3S/c1-28-18-8-6-17(7-9-18)22-15-20(25-29-22)21-5-3-2-4-14-26(21)23(27)16-30-19-10-12-24-13-11-19/h6-13,15,21H,2-5,14,16H2,1H3/t21-/m0/s1. The van der Waals surface area contributed by atoms with E-state index in [2.05, 4.69) is 10.1 Å². The molecule has 156 valence electrons. The largest absolute Gasteiger partial charge is 0.497 e. The Morgan fingerprint density at radius 1 is 1.17 bits per heavy atom. The first-order valence-electron chi connectivity index (χ1n) is 10.2. The average molecular weight is 424 g/mol. The Hall–Kier alpha value is -2.80. The average Bonchev–Trinajstić information content (AvgIpc) is 3.16. The van der Waals surface area contributed by atoms with Crippen molar-refractivity contribution in [2.75, 3.05) is 19.4 Å². The van der Waals surface area contributed by atoms with Gasteiger partial charge in [-0.3, -0.25) is 9.78 Å². The van der Waals surface area contributed by atoms with Gasteiger partial charge in [-0.1, -0.05) is 18.0 Å². The molecule has 0 saturated carbocycles. The number of hydrogen-bond acceptors (Lipinski definition) is 6. The number of rotatable bonds is 6. The van der Waals surface area contributed by atoms with Gasteiger partial charge in [0.25, 0.3) is 0 Å². The second-order valence-electron chi connectivity index (χ2n) is 7.27. The van der Waals surface area contributed by atoms with E-state index in [4.69, 9.17) is 9.26 Å². The van der Waals surface area contributed by atoms with Crippen LogP contribution >= 0.6 is 11.8 Å². The van der Waals surface area contributed by atoms with Gasteiger partial charge in [0, 0.05) is 35.5 Å². The van der Waals surface area contributed by atoms with Crippen LogP contribution in [0.3, 0.4) is 0 Å². The van der Waals surface area contributed by atoms with Crippen LogP contribution in [0.15, 0.2) is 64.3 Å². The Balaban J connectivity index is 1.50. The van der Waals surface area contributed by atoms with Gasteiger partial charge in [-0.2, -0.15) is 0 Å². The molecule has 0 aliphatic carbocycles. The molecule has 0 bridgehead atoms. The fourth-order valence-corrected chi connectivity index (χ4v) is 4.48. The first-order valence-corrected chi connectivity index (χ1v) is 11.2. The molecule has 0 spiro atoms. The summed E-state index contributed by atoms with van der Waals surface area (Å²) in [6.45, 7) is 0.755. The topological polar surface area (TPSA) is 68.5 Å². The zero-order valence-corrected chi connectivity index (χ0v) is 17.8. The molecule has 1 fully saturated rings. The summed E-state index contributed by atoms with van der Waals surface area (Å²) in [4.78, 5) is 20.1. The zero-order chi connectivity index (χ0) is 20.8. The number of carbonyl (C=O) groups is 1. The molecule has 1 atom stereocenters. The molecule has 0 N–H and O–H groups in total. The van der Waals surface area contributed by atoms with Gasteiger partial charge in [-0.15, -0.1) is 11.8 Å². The molecule has 30 heavy (non-hydrogen) atoms. The monoisotopic (exact) mass is 423 g/mol. The number of thioether (sulfide) groups is 1. The number of likely N-dealkylation sites (tertiary alicyclic amines) is 1. The van der Waals surface area contributed by atoms with Crippen molar-refractivity contribution < 1.29 is 14.1 Å². The summed E-state index contributed by atoms with van der Waals surface area (Å²) in [6, 6.07) is 13.5. The lowest BCUT2D eigenvalue weighted by atomic mass is 10.1. The molecular weight excluding hydrogens is 398 g/mol. The number of nitrogens with zero attached hydrogens (tertiary/aromatic N) is 3. The van der Waals surface area contributed by atoms with Crippen molar-refractivity contribution in [2.45, 2.75) is 36.6 Å². The Morgan fingerprint density at radius 2 is 1.97 bits per heavy atom. The van der Waals surface area contributed by atoms with Crippen LogP contribution in [0.4, 0.5) is 0 Å². The molecule has 0 radical (unpaired) electrons. The van der Waals surface area contributed by atoms with E-state index < -0.39 is 0 Å². The number of methoxy groups -OCH3 is 1. The van der Waals surface area contributed by atoms with Crippen molar-refractivity contribution in [3.8, 4) is 17.1 Å². The summed E-state index contributed by atoms with van der Waals surface area (Å²) < 4.78 is 10.9. The zero-order valence-electron chi connectivity index (χ0n) is 17.0. The number of ether oxygens (including phenoxy) is 1. The number of amides is 1. The van der Waals surface area contributed by atoms with Crippen molar-refractivity contribution in [1.29, 1.82) is 0 Å². The van der Waals surface area contributed by atoms with Crippen molar-refractivity contribution >= 4 is 17.7 Å². The maximum absolute atomic E-state index is 13.1. The molecule has 1 aliphatic heterocycles. The molecular formula is C23H25N3O3S. The van der Waals surface area contributed by atoms with E-state index in [9.17, 15) is 4.79 Å². The highest BCUT2D eigenvalue weighted by molar-refractivity contribution is 8.00. The number of pyridine rings is 1. The van der Waals surface area contributed by atoms with Crippen LogP contribution in [-0.4, -0.2) is 40.4 Å². The summed E-state index contributed by atoms with van der Waals surface area (Å²) in [7, 11) is 1.65. The van der Waals surface area contributed by atoms with Crippen LogP contribution in [-0.2, 0) is 4.79 Å². The summed E-state index contributed by atoms with van der Waals surface area (Å²) >= 11 is 1.54. The fourth-order valence-electron chi connectivity index (χ4n) is 3.71. The van der Waals surface area contributed by atoms with Gasteiger partial charge in [0.1, 0.15) is 11.4 Å². The molecule has 1 saturated heterocycles. The van der Waals surface area contributed by atoms with Crippen LogP contribution in [0, 0.1) is 0 Å². The predicted molar refractivity (Wildman–Crippen MR) is 116 cm³/mol. The Bertz CT molecular complexity index is 959. The second kappa shape index (κ2) is 9.80. The smallest absolute Gasteiger partial charge is 0.233 e. The van der Waals surface area contributed by atoms with Gasteiger partial charge in [-0.25, -0.2) is 0 Å². The van der Waals surface area contributed by atoms with E-state index in [0.717, 1.165) is 54.1 Å². The Labute approximate surface area is 180 Å². The van der Waals surface area contributed by atoms with Crippen molar-refractivity contribution in [1.82, 2.24) is 15.0 Å². The molecule has 3 heterocycles. The number of hydrogen-bond donors (Lipinski definition) is 0. The first kappa shape index (κ1) is 20.5. The van der Waals surface area contributed by atoms with Gasteiger partial charge < -0.3 is 14.2 Å². The third kappa shape index (κ3) is 4.84. The van der Waals surface area contributed by atoms with Crippen molar-refractivity contribution in [3.05, 3.63) is 60.6 Å². The Kier molecular flexibility index (Phi) is 6.69. The van der Waals surface area contributed by atoms with Crippen molar-refractivity contribution in [2.24, 2.45) is 0 Å². The maximum atomic E-state index is 13.1. The SMILES string of the molecule is COc1ccc(-c2cc([C@@H]3CCCCCN3C(=O)CSc3ccncc3)no2)cc1. The molecule has 3 aromatic rings. The summed E-state index contributed by atoms with van der Waals surface area (Å²) in [5.74, 6) is 2.04. The van der Waals surface area contributed by atoms with Crippen LogP contribution in [0.1, 0.15) is 37.4 Å². The van der Waals surface area contributed by atoms with Crippen LogP contribution in [0.2, 0.25) is 0 Å². The van der Waals surface area contributed by atoms with E-state index in [-0.39, 0.29) is 11.9 Å². The molecule has 1 amide bonds. The third-order valence-electron chi connectivity index (χ3n) is 5.33. The first-order chi connectivity index (χ1) is 14.7. The maximum Gasteiger partial charge on any atom is 0.233 e. The van der Waals surface area contributed by atoms with E-state index in [1.54, 1.807) is 31.3 Å². The van der Waals surface area contributed by atoms with E-state index in [1.807, 2.05) is 47.4 Å². The highest BCUT2D eigenvalue weighted by atomic mass is 32.2. The van der Waals surface area contributed by atoms with Gasteiger partial charge in [0.05, 0.1) is 18.9 Å². The number of carbonyl (C=O) groups excluding carboxylic acids is 1. The minimum atomic E-state index is -0.0474. The lowest BCUT2D eigenvalue weighted by molar-refractivity contribution is -0.130. The highest BCUT2D eigenvalue weighted by Gasteiger charge is 2.29. The van der Waals surface area contributed by atoms with Gasteiger partial charge in [-0.05, 0) is 49.2 Å². The quantitative estimate of drug-likeness (QED) is 0.521. The van der Waals surface area contributed by atoms with Gasteiger partial charge in [0.15, 0.2) is 5.76 Å². The molecule has 2 aromatic heterocycles. The molecule has 4 rings (SSSR count). The second-order valence-corrected chi connectivity index (χ2v) is 8.32. The molecule has 1 aromatic carbocycles. The highest BCUT2D eigenvalue weighted by Crippen LogP contribution is 2.33. The summed E-state index contributed by atoms with van der Waals surface area (Å²) in [6.07, 6.45) is 7.62. The lowest BCUT2D eigenvalue weighted by Gasteiger charge is -2.28. The van der Waals surface area contributed by atoms with E-state index in [0.29, 0.717) is 11.5 Å². The fraction of sp³-hybridized carbons (Fsp3) is 0.348. The predicted octanol–water partition coefficient (Wildman–Crippen LogP) is 4.98. The third-order valence-corrected chi connectivity index (χ3v) is 6.33. The van der Waals surface area contributed by atoms with Gasteiger partial charge in [0.2, 0.25) is 5.91 Å². The summed E-state index contributed by atoms with van der Waals surface area (Å²) in [5.41, 5.74) is 1.76. The van der Waals surface area contributed by atoms with Crippen LogP contribution in [0.5, 0.6) is 5.75 Å². The number of aromatic nitrogens is 2.